The van der Waals surface area contributed by atoms with Crippen LogP contribution in [0.5, 0.6) is 5.75 Å². The molecule has 1 aliphatic rings. The standard InChI is InChI=1S/C27H28FN5O2S/c1-17-10-25(36-32-17)22-12-24(28)27(34)33(15-22)18(2)20-4-3-5-21(11-20)26-30-13-23(14-31-26)35-16-19-6-8-29-9-7-19/h3-5,10-15,18-19,29H,6-9,16H2,1-2H3/t18-/m1/s1. The molecule has 0 spiro atoms. The van der Waals surface area contributed by atoms with E-state index in [9.17, 15) is 9.18 Å². The molecular weight excluding hydrogens is 477 g/mol. The summed E-state index contributed by atoms with van der Waals surface area (Å²) in [7, 11) is 0. The van der Waals surface area contributed by atoms with Crippen LogP contribution in [-0.4, -0.2) is 38.6 Å². The summed E-state index contributed by atoms with van der Waals surface area (Å²) in [5.41, 5.74) is 2.48. The molecule has 7 nitrogen and oxygen atoms in total. The highest BCUT2D eigenvalue weighted by Gasteiger charge is 2.17. The lowest BCUT2D eigenvalue weighted by molar-refractivity contribution is 0.214. The molecular formula is C27H28FN5O2S. The van der Waals surface area contributed by atoms with Crippen molar-refractivity contribution in [2.45, 2.75) is 32.7 Å². The summed E-state index contributed by atoms with van der Waals surface area (Å²) in [5, 5.41) is 3.36. The number of benzene rings is 1. The fourth-order valence-corrected chi connectivity index (χ4v) is 5.13. The first-order valence-electron chi connectivity index (χ1n) is 12.1. The molecule has 1 aliphatic heterocycles. The van der Waals surface area contributed by atoms with Gasteiger partial charge in [0.15, 0.2) is 17.4 Å². The van der Waals surface area contributed by atoms with Crippen LogP contribution >= 0.6 is 11.5 Å². The lowest BCUT2D eigenvalue weighted by atomic mass is 9.99. The third kappa shape index (κ3) is 5.37. The van der Waals surface area contributed by atoms with E-state index < -0.39 is 17.4 Å². The number of halogens is 1. The normalized spacial score (nSPS) is 15.1. The zero-order chi connectivity index (χ0) is 25.1. The first-order chi connectivity index (χ1) is 17.5. The number of rotatable bonds is 7. The van der Waals surface area contributed by atoms with Crippen LogP contribution in [0, 0.1) is 18.7 Å². The van der Waals surface area contributed by atoms with Gasteiger partial charge < -0.3 is 14.6 Å². The monoisotopic (exact) mass is 505 g/mol. The number of hydrogen-bond donors (Lipinski definition) is 1. The molecule has 36 heavy (non-hydrogen) atoms. The third-order valence-corrected chi connectivity index (χ3v) is 7.46. The summed E-state index contributed by atoms with van der Waals surface area (Å²) in [6, 6.07) is 10.4. The fraction of sp³-hybridized carbons (Fsp3) is 0.333. The highest BCUT2D eigenvalue weighted by atomic mass is 32.1. The number of hydrogen-bond acceptors (Lipinski definition) is 7. The van der Waals surface area contributed by atoms with Gasteiger partial charge in [0.2, 0.25) is 0 Å². The maximum Gasteiger partial charge on any atom is 0.287 e. The number of piperidine rings is 1. The molecule has 0 amide bonds. The second-order valence-corrected chi connectivity index (χ2v) is 9.97. The number of ether oxygens (including phenoxy) is 1. The number of nitrogens with one attached hydrogen (secondary N) is 1. The van der Waals surface area contributed by atoms with Gasteiger partial charge in [-0.15, -0.1) is 0 Å². The molecule has 4 aromatic rings. The summed E-state index contributed by atoms with van der Waals surface area (Å²) in [6.45, 7) is 6.50. The average Bonchev–Trinajstić information content (AvgIpc) is 3.36. The van der Waals surface area contributed by atoms with Crippen molar-refractivity contribution in [1.29, 1.82) is 0 Å². The summed E-state index contributed by atoms with van der Waals surface area (Å²) >= 11 is 1.28. The Labute approximate surface area is 213 Å². The molecule has 1 fully saturated rings. The zero-order valence-electron chi connectivity index (χ0n) is 20.3. The lowest BCUT2D eigenvalue weighted by Crippen LogP contribution is -2.30. The van der Waals surface area contributed by atoms with Crippen molar-refractivity contribution in [3.05, 3.63) is 82.4 Å². The average molecular weight is 506 g/mol. The Morgan fingerprint density at radius 1 is 1.17 bits per heavy atom. The van der Waals surface area contributed by atoms with Crippen LogP contribution < -0.4 is 15.6 Å². The summed E-state index contributed by atoms with van der Waals surface area (Å²) < 4.78 is 26.2. The predicted octanol–water partition coefficient (Wildman–Crippen LogP) is 4.86. The highest BCUT2D eigenvalue weighted by molar-refractivity contribution is 7.09. The van der Waals surface area contributed by atoms with Crippen molar-refractivity contribution in [3.63, 3.8) is 0 Å². The van der Waals surface area contributed by atoms with Gasteiger partial charge in [0, 0.05) is 17.3 Å². The van der Waals surface area contributed by atoms with Gasteiger partial charge in [0.05, 0.1) is 35.6 Å². The fourth-order valence-electron chi connectivity index (χ4n) is 4.39. The van der Waals surface area contributed by atoms with Crippen molar-refractivity contribution in [2.75, 3.05) is 19.7 Å². The van der Waals surface area contributed by atoms with Crippen LogP contribution in [0.25, 0.3) is 21.8 Å². The van der Waals surface area contributed by atoms with E-state index in [-0.39, 0.29) is 0 Å². The molecule has 0 aliphatic carbocycles. The Morgan fingerprint density at radius 2 is 1.94 bits per heavy atom. The van der Waals surface area contributed by atoms with Gasteiger partial charge in [-0.1, -0.05) is 18.2 Å². The first kappa shape index (κ1) is 24.3. The quantitative estimate of drug-likeness (QED) is 0.386. The van der Waals surface area contributed by atoms with E-state index in [1.165, 1.54) is 22.2 Å². The second-order valence-electron chi connectivity index (χ2n) is 9.17. The molecule has 5 rings (SSSR count). The largest absolute Gasteiger partial charge is 0.490 e. The molecule has 1 N–H and O–H groups in total. The van der Waals surface area contributed by atoms with Crippen LogP contribution in [0.15, 0.2) is 59.8 Å². The van der Waals surface area contributed by atoms with Gasteiger partial charge in [0.25, 0.3) is 5.56 Å². The smallest absolute Gasteiger partial charge is 0.287 e. The lowest BCUT2D eigenvalue weighted by Gasteiger charge is -2.22. The Hall–Kier alpha value is -3.43. The number of aromatic nitrogens is 4. The van der Waals surface area contributed by atoms with Crippen molar-refractivity contribution in [2.24, 2.45) is 5.92 Å². The molecule has 4 heterocycles. The molecule has 0 bridgehead atoms. The van der Waals surface area contributed by atoms with E-state index in [4.69, 9.17) is 4.74 Å². The molecule has 9 heteroatoms. The van der Waals surface area contributed by atoms with Crippen LogP contribution in [0.1, 0.15) is 37.1 Å². The van der Waals surface area contributed by atoms with Crippen LogP contribution in [-0.2, 0) is 0 Å². The van der Waals surface area contributed by atoms with Crippen molar-refractivity contribution in [1.82, 2.24) is 24.2 Å². The minimum Gasteiger partial charge on any atom is -0.490 e. The van der Waals surface area contributed by atoms with Gasteiger partial charge >= 0.3 is 0 Å². The maximum atomic E-state index is 14.6. The molecule has 0 unspecified atom stereocenters. The molecule has 0 radical (unpaired) electrons. The minimum atomic E-state index is -0.787. The van der Waals surface area contributed by atoms with E-state index in [1.807, 2.05) is 44.2 Å². The number of aryl methyl sites for hydroxylation is 1. The summed E-state index contributed by atoms with van der Waals surface area (Å²) in [4.78, 5) is 22.5. The molecule has 186 valence electrons. The number of nitrogens with zero attached hydrogens (tertiary/aromatic N) is 4. The first-order valence-corrected chi connectivity index (χ1v) is 12.9. The highest BCUT2D eigenvalue weighted by Crippen LogP contribution is 2.28. The molecule has 1 saturated heterocycles. The summed E-state index contributed by atoms with van der Waals surface area (Å²) in [6.07, 6.45) is 7.31. The van der Waals surface area contributed by atoms with E-state index >= 15 is 0 Å². The molecule has 0 saturated carbocycles. The Balaban J connectivity index is 1.35. The van der Waals surface area contributed by atoms with E-state index in [0.29, 0.717) is 29.7 Å². The van der Waals surface area contributed by atoms with Crippen LogP contribution in [0.3, 0.4) is 0 Å². The molecule has 1 atom stereocenters. The van der Waals surface area contributed by atoms with Crippen molar-refractivity contribution >= 4 is 11.5 Å². The van der Waals surface area contributed by atoms with Crippen LogP contribution in [0.4, 0.5) is 4.39 Å². The van der Waals surface area contributed by atoms with Gasteiger partial charge in [-0.3, -0.25) is 4.79 Å². The number of pyridine rings is 1. The van der Waals surface area contributed by atoms with Crippen molar-refractivity contribution in [3.8, 4) is 27.6 Å². The van der Waals surface area contributed by atoms with Gasteiger partial charge in [0.1, 0.15) is 0 Å². The maximum absolute atomic E-state index is 14.6. The Kier molecular flexibility index (Phi) is 7.20. The SMILES string of the molecule is Cc1cc(-c2cc(F)c(=O)n([C@H](C)c3cccc(-c4ncc(OCC5CCNCC5)cn4)c3)c2)sn1. The topological polar surface area (TPSA) is 81.9 Å². The molecule has 3 aromatic heterocycles. The van der Waals surface area contributed by atoms with E-state index in [1.54, 1.807) is 18.6 Å². The Morgan fingerprint density at radius 3 is 2.67 bits per heavy atom. The van der Waals surface area contributed by atoms with Gasteiger partial charge in [-0.2, -0.15) is 4.37 Å². The van der Waals surface area contributed by atoms with Gasteiger partial charge in [-0.25, -0.2) is 14.4 Å². The van der Waals surface area contributed by atoms with Gasteiger partial charge in [-0.05, 0) is 81.0 Å². The van der Waals surface area contributed by atoms with E-state index in [2.05, 4.69) is 19.7 Å². The zero-order valence-corrected chi connectivity index (χ0v) is 21.1. The minimum absolute atomic E-state index is 0.395. The van der Waals surface area contributed by atoms with Crippen LogP contribution in [0.2, 0.25) is 0 Å². The molecule has 1 aromatic carbocycles. The predicted molar refractivity (Wildman–Crippen MR) is 139 cm³/mol. The second kappa shape index (κ2) is 10.7. The third-order valence-electron chi connectivity index (χ3n) is 6.53. The van der Waals surface area contributed by atoms with Crippen molar-refractivity contribution < 1.29 is 9.13 Å². The Bertz CT molecular complexity index is 1400. The summed E-state index contributed by atoms with van der Waals surface area (Å²) in [5.74, 6) is 0.977. The van der Waals surface area contributed by atoms with E-state index in [0.717, 1.165) is 47.6 Å².